The highest BCUT2D eigenvalue weighted by molar-refractivity contribution is 7.99. The Labute approximate surface area is 172 Å². The summed E-state index contributed by atoms with van der Waals surface area (Å²) in [4.78, 5) is 6.60. The van der Waals surface area contributed by atoms with Gasteiger partial charge in [-0.1, -0.05) is 30.3 Å². The molecule has 2 N–H and O–H groups in total. The van der Waals surface area contributed by atoms with Crippen LogP contribution >= 0.6 is 11.8 Å². The Morgan fingerprint density at radius 2 is 1.97 bits per heavy atom. The molecule has 0 aliphatic carbocycles. The van der Waals surface area contributed by atoms with Crippen LogP contribution < -0.4 is 5.14 Å². The molecular formula is C19H20FN5O2S2. The summed E-state index contributed by atoms with van der Waals surface area (Å²) in [6.07, 6.45) is 0.471. The van der Waals surface area contributed by atoms with Gasteiger partial charge in [0.1, 0.15) is 17.3 Å². The summed E-state index contributed by atoms with van der Waals surface area (Å²) in [7, 11) is -3.99. The average molecular weight is 434 g/mol. The summed E-state index contributed by atoms with van der Waals surface area (Å²) in [5, 5.41) is 9.63. The number of halogens is 1. The molecule has 1 saturated heterocycles. The Hall–Kier alpha value is -2.27. The SMILES string of the molecule is NS(=O)(=O)c1ccc(-n2nc(CN3CCSC3)nc2Cc2ccccc2)c(F)c1. The molecule has 10 heteroatoms. The first-order valence-electron chi connectivity index (χ1n) is 9.02. The van der Waals surface area contributed by atoms with Crippen molar-refractivity contribution in [3.8, 4) is 5.69 Å². The minimum atomic E-state index is -3.99. The van der Waals surface area contributed by atoms with Crippen molar-refractivity contribution in [3.63, 3.8) is 0 Å². The second-order valence-electron chi connectivity index (χ2n) is 6.77. The zero-order chi connectivity index (χ0) is 20.4. The topological polar surface area (TPSA) is 94.1 Å². The van der Waals surface area contributed by atoms with Gasteiger partial charge in [-0.05, 0) is 23.8 Å². The van der Waals surface area contributed by atoms with Crippen LogP contribution in [-0.2, 0) is 23.0 Å². The first-order chi connectivity index (χ1) is 13.9. The molecular weight excluding hydrogens is 413 g/mol. The van der Waals surface area contributed by atoms with E-state index in [1.807, 2.05) is 42.1 Å². The number of thioether (sulfide) groups is 1. The third kappa shape index (κ3) is 4.67. The number of sulfonamides is 1. The smallest absolute Gasteiger partial charge is 0.238 e. The highest BCUT2D eigenvalue weighted by Gasteiger charge is 2.20. The van der Waals surface area contributed by atoms with Crippen molar-refractivity contribution in [3.05, 3.63) is 71.6 Å². The van der Waals surface area contributed by atoms with Crippen LogP contribution in [0, 0.1) is 5.82 Å². The summed E-state index contributed by atoms with van der Waals surface area (Å²) in [5.41, 5.74) is 1.16. The van der Waals surface area contributed by atoms with Gasteiger partial charge >= 0.3 is 0 Å². The quantitative estimate of drug-likeness (QED) is 0.640. The van der Waals surface area contributed by atoms with Crippen molar-refractivity contribution in [1.29, 1.82) is 0 Å². The Morgan fingerprint density at radius 1 is 1.17 bits per heavy atom. The van der Waals surface area contributed by atoms with Gasteiger partial charge < -0.3 is 0 Å². The van der Waals surface area contributed by atoms with Gasteiger partial charge in [0.25, 0.3) is 0 Å². The number of benzene rings is 2. The van der Waals surface area contributed by atoms with Gasteiger partial charge in [0.05, 0.1) is 11.4 Å². The summed E-state index contributed by atoms with van der Waals surface area (Å²) in [6.45, 7) is 1.54. The van der Waals surface area contributed by atoms with Crippen LogP contribution in [0.5, 0.6) is 0 Å². The van der Waals surface area contributed by atoms with Crippen LogP contribution in [0.1, 0.15) is 17.2 Å². The predicted octanol–water partition coefficient (Wildman–Crippen LogP) is 2.15. The minimum absolute atomic E-state index is 0.137. The molecule has 0 radical (unpaired) electrons. The van der Waals surface area contributed by atoms with Crippen molar-refractivity contribution < 1.29 is 12.8 Å². The molecule has 0 saturated carbocycles. The van der Waals surface area contributed by atoms with Crippen molar-refractivity contribution in [2.45, 2.75) is 17.9 Å². The first-order valence-corrected chi connectivity index (χ1v) is 11.7. The molecule has 0 atom stereocenters. The summed E-state index contributed by atoms with van der Waals surface area (Å²) >= 11 is 1.85. The summed E-state index contributed by atoms with van der Waals surface area (Å²) in [6, 6.07) is 13.3. The number of rotatable bonds is 6. The van der Waals surface area contributed by atoms with Gasteiger partial charge in [-0.3, -0.25) is 4.90 Å². The largest absolute Gasteiger partial charge is 0.286 e. The lowest BCUT2D eigenvalue weighted by atomic mass is 10.1. The maximum absolute atomic E-state index is 14.8. The molecule has 0 spiro atoms. The number of nitrogens with two attached hydrogens (primary N) is 1. The number of nitrogens with zero attached hydrogens (tertiary/aromatic N) is 4. The Kier molecular flexibility index (Phi) is 5.68. The number of primary sulfonamides is 1. The highest BCUT2D eigenvalue weighted by atomic mass is 32.2. The second kappa shape index (κ2) is 8.23. The molecule has 1 aliphatic rings. The molecule has 1 fully saturated rings. The van der Waals surface area contributed by atoms with Crippen molar-refractivity contribution in [2.75, 3.05) is 18.2 Å². The van der Waals surface area contributed by atoms with E-state index in [1.165, 1.54) is 16.8 Å². The molecule has 7 nitrogen and oxygen atoms in total. The van der Waals surface area contributed by atoms with Crippen molar-refractivity contribution >= 4 is 21.8 Å². The maximum atomic E-state index is 14.8. The number of aromatic nitrogens is 3. The van der Waals surface area contributed by atoms with E-state index >= 15 is 0 Å². The van der Waals surface area contributed by atoms with Crippen molar-refractivity contribution in [1.82, 2.24) is 19.7 Å². The van der Waals surface area contributed by atoms with E-state index in [4.69, 9.17) is 5.14 Å². The van der Waals surface area contributed by atoms with Gasteiger partial charge in [-0.2, -0.15) is 0 Å². The molecule has 0 bridgehead atoms. The van der Waals surface area contributed by atoms with Crippen LogP contribution in [0.25, 0.3) is 5.69 Å². The van der Waals surface area contributed by atoms with E-state index in [0.717, 1.165) is 29.8 Å². The standard InChI is InChI=1S/C19H20FN5O2S2/c20-16-11-15(29(21,26)27)6-7-17(16)25-19(10-14-4-2-1-3-5-14)22-18(23-25)12-24-8-9-28-13-24/h1-7,11H,8-10,12-13H2,(H2,21,26,27). The zero-order valence-electron chi connectivity index (χ0n) is 15.5. The summed E-state index contributed by atoms with van der Waals surface area (Å²) < 4.78 is 39.2. The molecule has 2 heterocycles. The van der Waals surface area contributed by atoms with Crippen LogP contribution in [0.4, 0.5) is 4.39 Å². The average Bonchev–Trinajstić information content (AvgIpc) is 3.32. The third-order valence-corrected chi connectivity index (χ3v) is 6.52. The molecule has 2 aromatic carbocycles. The summed E-state index contributed by atoms with van der Waals surface area (Å²) in [5.74, 6) is 2.45. The zero-order valence-corrected chi connectivity index (χ0v) is 17.2. The van der Waals surface area contributed by atoms with Gasteiger partial charge in [-0.15, -0.1) is 16.9 Å². The molecule has 4 rings (SSSR count). The molecule has 29 heavy (non-hydrogen) atoms. The highest BCUT2D eigenvalue weighted by Crippen LogP contribution is 2.21. The van der Waals surface area contributed by atoms with E-state index in [9.17, 15) is 12.8 Å². The van der Waals surface area contributed by atoms with E-state index in [2.05, 4.69) is 15.0 Å². The van der Waals surface area contributed by atoms with E-state index in [-0.39, 0.29) is 10.6 Å². The minimum Gasteiger partial charge on any atom is -0.286 e. The molecule has 1 aliphatic heterocycles. The lowest BCUT2D eigenvalue weighted by Gasteiger charge is -2.10. The maximum Gasteiger partial charge on any atom is 0.238 e. The van der Waals surface area contributed by atoms with Crippen LogP contribution in [0.15, 0.2) is 53.4 Å². The molecule has 0 amide bonds. The van der Waals surface area contributed by atoms with Gasteiger partial charge in [0, 0.05) is 24.6 Å². The van der Waals surface area contributed by atoms with E-state index in [1.54, 1.807) is 0 Å². The Bertz CT molecular complexity index is 1110. The normalized spacial score (nSPS) is 15.1. The lowest BCUT2D eigenvalue weighted by Crippen LogP contribution is -2.19. The van der Waals surface area contributed by atoms with Crippen molar-refractivity contribution in [2.24, 2.45) is 5.14 Å². The van der Waals surface area contributed by atoms with Crippen LogP contribution in [0.2, 0.25) is 0 Å². The number of hydrogen-bond acceptors (Lipinski definition) is 6. The fraction of sp³-hybridized carbons (Fsp3) is 0.263. The van der Waals surface area contributed by atoms with Gasteiger partial charge in [0.15, 0.2) is 5.82 Å². The van der Waals surface area contributed by atoms with E-state index in [0.29, 0.717) is 24.6 Å². The third-order valence-electron chi connectivity index (χ3n) is 4.59. The fourth-order valence-corrected chi connectivity index (χ4v) is 4.68. The Balaban J connectivity index is 1.73. The molecule has 1 aromatic heterocycles. The molecule has 3 aromatic rings. The molecule has 0 unspecified atom stereocenters. The number of hydrogen-bond donors (Lipinski definition) is 1. The van der Waals surface area contributed by atoms with E-state index < -0.39 is 15.8 Å². The molecule has 152 valence electrons. The fourth-order valence-electron chi connectivity index (χ4n) is 3.16. The van der Waals surface area contributed by atoms with Crippen LogP contribution in [-0.4, -0.2) is 46.3 Å². The monoisotopic (exact) mass is 433 g/mol. The van der Waals surface area contributed by atoms with Gasteiger partial charge in [-0.25, -0.2) is 27.6 Å². The first kappa shape index (κ1) is 20.0. The predicted molar refractivity (Wildman–Crippen MR) is 110 cm³/mol. The van der Waals surface area contributed by atoms with Gasteiger partial charge in [0.2, 0.25) is 10.0 Å². The van der Waals surface area contributed by atoms with Crippen LogP contribution in [0.3, 0.4) is 0 Å². The second-order valence-corrected chi connectivity index (χ2v) is 9.40. The Morgan fingerprint density at radius 3 is 2.62 bits per heavy atom. The lowest BCUT2D eigenvalue weighted by molar-refractivity contribution is 0.339.